The normalized spacial score (nSPS) is 14.9. The summed E-state index contributed by atoms with van der Waals surface area (Å²) < 4.78 is 12.6. The predicted octanol–water partition coefficient (Wildman–Crippen LogP) is 1.54. The lowest BCUT2D eigenvalue weighted by Crippen LogP contribution is -2.35. The van der Waals surface area contributed by atoms with Gasteiger partial charge in [0, 0.05) is 42.7 Å². The first kappa shape index (κ1) is 21.9. The fourth-order valence-corrected chi connectivity index (χ4v) is 3.96. The molecule has 33 heavy (non-hydrogen) atoms. The van der Waals surface area contributed by atoms with Crippen LogP contribution in [0.1, 0.15) is 22.9 Å². The highest BCUT2D eigenvalue weighted by atomic mass is 16.5. The number of carbonyl (C=O) groups is 1. The number of benzene rings is 1. The molecule has 0 radical (unpaired) electrons. The van der Waals surface area contributed by atoms with Crippen LogP contribution < -0.4 is 20.1 Å². The summed E-state index contributed by atoms with van der Waals surface area (Å²) in [7, 11) is 5.09. The summed E-state index contributed by atoms with van der Waals surface area (Å²) >= 11 is 0. The number of nitrogens with zero attached hydrogens (tertiary/aromatic N) is 6. The fraction of sp³-hybridized carbons (Fsp3) is 0.286. The van der Waals surface area contributed by atoms with Crippen molar-refractivity contribution in [3.8, 4) is 11.5 Å². The number of aromatic nitrogens is 6. The van der Waals surface area contributed by atoms with Crippen molar-refractivity contribution in [1.29, 1.82) is 0 Å². The molecule has 0 saturated heterocycles. The topological polar surface area (TPSA) is 157 Å². The van der Waals surface area contributed by atoms with Crippen LogP contribution in [-0.2, 0) is 18.4 Å². The summed E-state index contributed by atoms with van der Waals surface area (Å²) in [6.07, 6.45) is 5.61. The van der Waals surface area contributed by atoms with Gasteiger partial charge in [0.1, 0.15) is 5.82 Å². The number of rotatable bonds is 4. The zero-order chi connectivity index (χ0) is 23.5. The van der Waals surface area contributed by atoms with Crippen LogP contribution in [0.2, 0.25) is 0 Å². The molecule has 12 nitrogen and oxygen atoms in total. The Bertz CT molecular complexity index is 1280. The van der Waals surface area contributed by atoms with E-state index < -0.39 is 0 Å². The van der Waals surface area contributed by atoms with E-state index in [1.165, 1.54) is 0 Å². The molecule has 5 rings (SSSR count). The number of nitrogen functional groups attached to an aromatic ring is 1. The first-order valence-electron chi connectivity index (χ1n) is 10.0. The monoisotopic (exact) mass is 452 g/mol. The molecule has 0 spiro atoms. The summed E-state index contributed by atoms with van der Waals surface area (Å²) in [6, 6.07) is 3.62. The largest absolute Gasteiger partial charge is 0.493 e. The molecule has 0 bridgehead atoms. The van der Waals surface area contributed by atoms with Crippen LogP contribution in [0.4, 0.5) is 11.8 Å². The van der Waals surface area contributed by atoms with E-state index in [0.717, 1.165) is 22.3 Å². The van der Waals surface area contributed by atoms with E-state index in [-0.39, 0.29) is 12.4 Å². The van der Waals surface area contributed by atoms with Gasteiger partial charge in [-0.25, -0.2) is 9.97 Å². The fourth-order valence-electron chi connectivity index (χ4n) is 3.96. The summed E-state index contributed by atoms with van der Waals surface area (Å²) in [5.41, 5.74) is 10.1. The molecule has 0 amide bonds. The SMILES string of the molecule is COc1cc2nc(N3Cc4[nH]cnc4C(c4cnn(C)c4)C3)nc(N)c2cc1OC.O=CO. The lowest BCUT2D eigenvalue weighted by molar-refractivity contribution is -0.122. The van der Waals surface area contributed by atoms with Crippen LogP contribution in [0.3, 0.4) is 0 Å². The van der Waals surface area contributed by atoms with E-state index in [1.54, 1.807) is 31.3 Å². The number of nitrogens with two attached hydrogens (primary N) is 1. The summed E-state index contributed by atoms with van der Waals surface area (Å²) in [6.45, 7) is 1.03. The molecule has 1 atom stereocenters. The number of hydrogen-bond donors (Lipinski definition) is 3. The highest BCUT2D eigenvalue weighted by molar-refractivity contribution is 5.91. The molecule has 0 aliphatic carbocycles. The van der Waals surface area contributed by atoms with Crippen LogP contribution in [0.25, 0.3) is 10.9 Å². The Morgan fingerprint density at radius 2 is 1.97 bits per heavy atom. The maximum Gasteiger partial charge on any atom is 0.290 e. The van der Waals surface area contributed by atoms with Crippen LogP contribution in [-0.4, -0.2) is 62.1 Å². The third-order valence-electron chi connectivity index (χ3n) is 5.46. The minimum absolute atomic E-state index is 0.0552. The van der Waals surface area contributed by atoms with Gasteiger partial charge in [0.15, 0.2) is 11.5 Å². The minimum atomic E-state index is -0.250. The number of imidazole rings is 1. The zero-order valence-electron chi connectivity index (χ0n) is 18.4. The van der Waals surface area contributed by atoms with Gasteiger partial charge in [-0.1, -0.05) is 0 Å². The third-order valence-corrected chi connectivity index (χ3v) is 5.46. The molecular weight excluding hydrogens is 428 g/mol. The molecule has 3 aromatic heterocycles. The van der Waals surface area contributed by atoms with E-state index in [9.17, 15) is 0 Å². The van der Waals surface area contributed by atoms with Gasteiger partial charge in [-0.15, -0.1) is 0 Å². The van der Waals surface area contributed by atoms with Crippen molar-refractivity contribution in [3.63, 3.8) is 0 Å². The van der Waals surface area contributed by atoms with Crippen molar-refractivity contribution in [2.24, 2.45) is 7.05 Å². The minimum Gasteiger partial charge on any atom is -0.493 e. The first-order valence-corrected chi connectivity index (χ1v) is 10.0. The number of anilines is 2. The van der Waals surface area contributed by atoms with Crippen molar-refractivity contribution < 1.29 is 19.4 Å². The van der Waals surface area contributed by atoms with Crippen molar-refractivity contribution in [2.75, 3.05) is 31.4 Å². The number of ether oxygens (including phenoxy) is 2. The second kappa shape index (κ2) is 9.02. The van der Waals surface area contributed by atoms with Crippen LogP contribution in [0, 0.1) is 0 Å². The van der Waals surface area contributed by atoms with Crippen molar-refractivity contribution in [2.45, 2.75) is 12.5 Å². The Balaban J connectivity index is 0.000000821. The molecule has 1 unspecified atom stereocenters. The molecule has 12 heteroatoms. The number of methoxy groups -OCH3 is 2. The molecule has 4 N–H and O–H groups in total. The van der Waals surface area contributed by atoms with Crippen molar-refractivity contribution in [1.82, 2.24) is 29.7 Å². The molecular formula is C21H24N8O4. The standard InChI is InChI=1S/C20H22N8O2.CH2O2/c1-27-7-11(6-24-27)13-8-28(9-15-18(13)23-10-22-15)20-25-14-5-17(30-3)16(29-2)4-12(14)19(21)26-20;2-1-3/h4-7,10,13H,8-9H2,1-3H3,(H,22,23)(H2,21,25,26);1H,(H,2,3). The maximum atomic E-state index is 8.36. The smallest absolute Gasteiger partial charge is 0.290 e. The number of carboxylic acid groups (broad SMARTS) is 1. The molecule has 4 aromatic rings. The van der Waals surface area contributed by atoms with Gasteiger partial charge < -0.3 is 30.2 Å². The van der Waals surface area contributed by atoms with Crippen LogP contribution >= 0.6 is 0 Å². The number of aryl methyl sites for hydroxylation is 1. The average molecular weight is 452 g/mol. The Kier molecular flexibility index (Phi) is 5.98. The number of aromatic amines is 1. The molecule has 0 saturated carbocycles. The Hall–Kier alpha value is -4.35. The molecule has 0 fully saturated rings. The van der Waals surface area contributed by atoms with Crippen molar-refractivity contribution >= 4 is 29.1 Å². The number of nitrogens with one attached hydrogen (secondary N) is 1. The molecule has 1 aromatic carbocycles. The summed E-state index contributed by atoms with van der Waals surface area (Å²) in [4.78, 5) is 27.6. The Labute approximate surface area is 189 Å². The number of H-pyrrole nitrogens is 1. The number of hydrogen-bond acceptors (Lipinski definition) is 9. The van der Waals surface area contributed by atoms with Gasteiger partial charge >= 0.3 is 0 Å². The van der Waals surface area contributed by atoms with Gasteiger partial charge in [0.05, 0.1) is 50.2 Å². The molecule has 1 aliphatic heterocycles. The summed E-state index contributed by atoms with van der Waals surface area (Å²) in [5.74, 6) is 2.19. The molecule has 1 aliphatic rings. The highest BCUT2D eigenvalue weighted by Gasteiger charge is 2.31. The third kappa shape index (κ3) is 4.10. The number of fused-ring (bicyclic) bond motifs is 2. The lowest BCUT2D eigenvalue weighted by Gasteiger charge is -2.31. The maximum absolute atomic E-state index is 8.36. The van der Waals surface area contributed by atoms with Crippen LogP contribution in [0.5, 0.6) is 11.5 Å². The highest BCUT2D eigenvalue weighted by Crippen LogP contribution is 2.36. The van der Waals surface area contributed by atoms with E-state index in [0.29, 0.717) is 41.9 Å². The first-order chi connectivity index (χ1) is 16.0. The van der Waals surface area contributed by atoms with Gasteiger partial charge in [0.2, 0.25) is 5.95 Å². The zero-order valence-corrected chi connectivity index (χ0v) is 18.4. The van der Waals surface area contributed by atoms with Gasteiger partial charge in [-0.2, -0.15) is 10.1 Å². The van der Waals surface area contributed by atoms with Crippen LogP contribution in [0.15, 0.2) is 30.9 Å². The molecule has 172 valence electrons. The van der Waals surface area contributed by atoms with E-state index in [1.807, 2.05) is 25.5 Å². The second-order valence-electron chi connectivity index (χ2n) is 7.39. The molecule has 4 heterocycles. The van der Waals surface area contributed by atoms with Gasteiger partial charge in [-0.05, 0) is 6.07 Å². The van der Waals surface area contributed by atoms with E-state index in [4.69, 9.17) is 30.1 Å². The van der Waals surface area contributed by atoms with Crippen molar-refractivity contribution in [3.05, 3.63) is 47.8 Å². The summed E-state index contributed by atoms with van der Waals surface area (Å²) in [5, 5.41) is 11.9. The van der Waals surface area contributed by atoms with Gasteiger partial charge in [-0.3, -0.25) is 9.48 Å². The second-order valence-corrected chi connectivity index (χ2v) is 7.39. The van der Waals surface area contributed by atoms with Gasteiger partial charge in [0.25, 0.3) is 6.47 Å². The lowest BCUT2D eigenvalue weighted by atomic mass is 9.93. The van der Waals surface area contributed by atoms with E-state index >= 15 is 0 Å². The quantitative estimate of drug-likeness (QED) is 0.388. The Morgan fingerprint density at radius 1 is 1.24 bits per heavy atom. The van der Waals surface area contributed by atoms with E-state index in [2.05, 4.69) is 25.0 Å². The average Bonchev–Trinajstić information content (AvgIpc) is 3.46. The Morgan fingerprint density at radius 3 is 2.64 bits per heavy atom. The predicted molar refractivity (Wildman–Crippen MR) is 120 cm³/mol.